The van der Waals surface area contributed by atoms with Gasteiger partial charge < -0.3 is 19.7 Å². The molecule has 0 radical (unpaired) electrons. The standard InChI is InChI=1S/C22H30N4O4S.HI/c1-22(2)17-26(11-14-31(22,27)28)21(23-3)25-16-18-9-10-20(24-15-18)30-13-12-29-19-7-5-4-6-8-19;/h4-10,15H,11-14,16-17H2,1-3H3,(H,23,25);1H. The van der Waals surface area contributed by atoms with Gasteiger partial charge in [-0.1, -0.05) is 24.3 Å². The van der Waals surface area contributed by atoms with E-state index in [1.165, 1.54) is 0 Å². The van der Waals surface area contributed by atoms with Crippen LogP contribution in [0.1, 0.15) is 19.4 Å². The number of guanidine groups is 1. The summed E-state index contributed by atoms with van der Waals surface area (Å²) in [7, 11) is -1.39. The Morgan fingerprint density at radius 3 is 2.50 bits per heavy atom. The van der Waals surface area contributed by atoms with E-state index in [0.29, 0.717) is 44.7 Å². The number of para-hydroxylation sites is 1. The third-order valence-corrected chi connectivity index (χ3v) is 7.68. The molecule has 8 nitrogen and oxygen atoms in total. The molecule has 0 bridgehead atoms. The highest BCUT2D eigenvalue weighted by Gasteiger charge is 2.40. The minimum Gasteiger partial charge on any atom is -0.490 e. The lowest BCUT2D eigenvalue weighted by atomic mass is 10.2. The molecular formula is C22H31IN4O4S. The Bertz CT molecular complexity index is 983. The summed E-state index contributed by atoms with van der Waals surface area (Å²) in [4.78, 5) is 10.6. The van der Waals surface area contributed by atoms with E-state index in [9.17, 15) is 8.42 Å². The van der Waals surface area contributed by atoms with E-state index >= 15 is 0 Å². The molecule has 1 aromatic heterocycles. The van der Waals surface area contributed by atoms with Crippen molar-refractivity contribution in [3.8, 4) is 11.6 Å². The van der Waals surface area contributed by atoms with E-state index in [4.69, 9.17) is 9.47 Å². The lowest BCUT2D eigenvalue weighted by molar-refractivity contribution is 0.212. The molecule has 1 N–H and O–H groups in total. The Labute approximate surface area is 207 Å². The fourth-order valence-corrected chi connectivity index (χ4v) is 4.63. The van der Waals surface area contributed by atoms with Crippen LogP contribution in [-0.4, -0.2) is 68.1 Å². The topological polar surface area (TPSA) is 93.1 Å². The summed E-state index contributed by atoms with van der Waals surface area (Å²) >= 11 is 0. The number of aromatic nitrogens is 1. The van der Waals surface area contributed by atoms with Crippen LogP contribution < -0.4 is 14.8 Å². The number of benzene rings is 1. The summed E-state index contributed by atoms with van der Waals surface area (Å²) in [6, 6.07) is 13.3. The second-order valence-corrected chi connectivity index (χ2v) is 10.7. The molecular weight excluding hydrogens is 543 g/mol. The summed E-state index contributed by atoms with van der Waals surface area (Å²) in [5.41, 5.74) is 0.970. The number of hydrogen-bond acceptors (Lipinski definition) is 6. The van der Waals surface area contributed by atoms with Crippen LogP contribution in [0.2, 0.25) is 0 Å². The van der Waals surface area contributed by atoms with Crippen molar-refractivity contribution in [1.82, 2.24) is 15.2 Å². The molecule has 1 fully saturated rings. The fraction of sp³-hybridized carbons (Fsp3) is 0.455. The van der Waals surface area contributed by atoms with Crippen molar-refractivity contribution in [3.63, 3.8) is 0 Å². The molecule has 1 aromatic carbocycles. The first kappa shape index (κ1) is 26.2. The number of sulfone groups is 1. The molecule has 1 saturated heterocycles. The molecule has 2 aromatic rings. The number of aliphatic imine (C=N–C) groups is 1. The first-order valence-electron chi connectivity index (χ1n) is 10.2. The zero-order valence-corrected chi connectivity index (χ0v) is 21.8. The van der Waals surface area contributed by atoms with Gasteiger partial charge in [-0.3, -0.25) is 4.99 Å². The van der Waals surface area contributed by atoms with Gasteiger partial charge in [0, 0.05) is 38.9 Å². The van der Waals surface area contributed by atoms with Crippen LogP contribution in [0.3, 0.4) is 0 Å². The number of nitrogens with one attached hydrogen (secondary N) is 1. The van der Waals surface area contributed by atoms with Crippen LogP contribution >= 0.6 is 24.0 Å². The lowest BCUT2D eigenvalue weighted by Gasteiger charge is -2.39. The van der Waals surface area contributed by atoms with E-state index < -0.39 is 14.6 Å². The first-order chi connectivity index (χ1) is 14.8. The number of pyridine rings is 1. The van der Waals surface area contributed by atoms with Crippen molar-refractivity contribution in [2.75, 3.05) is 39.1 Å². The van der Waals surface area contributed by atoms with Crippen LogP contribution in [-0.2, 0) is 16.4 Å². The Hall–Kier alpha value is -2.08. The Balaban J connectivity index is 0.00000363. The highest BCUT2D eigenvalue weighted by molar-refractivity contribution is 14.0. The Morgan fingerprint density at radius 2 is 1.88 bits per heavy atom. The molecule has 0 aliphatic carbocycles. The van der Waals surface area contributed by atoms with Crippen LogP contribution in [0.15, 0.2) is 53.7 Å². The zero-order chi connectivity index (χ0) is 22.3. The molecule has 32 heavy (non-hydrogen) atoms. The van der Waals surface area contributed by atoms with Crippen LogP contribution in [0.4, 0.5) is 0 Å². The molecule has 1 aliphatic rings. The minimum atomic E-state index is -3.09. The van der Waals surface area contributed by atoms with Crippen molar-refractivity contribution in [2.24, 2.45) is 4.99 Å². The fourth-order valence-electron chi connectivity index (χ4n) is 3.26. The number of nitrogens with zero attached hydrogens (tertiary/aromatic N) is 3. The summed E-state index contributed by atoms with van der Waals surface area (Å²) < 4.78 is 34.9. The van der Waals surface area contributed by atoms with Gasteiger partial charge in [-0.25, -0.2) is 13.4 Å². The molecule has 3 rings (SSSR count). The Kier molecular flexibility index (Phi) is 9.56. The maximum absolute atomic E-state index is 12.2. The predicted molar refractivity (Wildman–Crippen MR) is 137 cm³/mol. The van der Waals surface area contributed by atoms with Gasteiger partial charge in [-0.2, -0.15) is 0 Å². The van der Waals surface area contributed by atoms with E-state index in [1.54, 1.807) is 27.1 Å². The molecule has 10 heteroatoms. The summed E-state index contributed by atoms with van der Waals surface area (Å²) in [5, 5.41) is 3.29. The molecule has 0 amide bonds. The second kappa shape index (κ2) is 11.7. The van der Waals surface area contributed by atoms with Gasteiger partial charge in [0.15, 0.2) is 15.8 Å². The summed E-state index contributed by atoms with van der Waals surface area (Å²) in [6.07, 6.45) is 1.75. The van der Waals surface area contributed by atoms with Gasteiger partial charge >= 0.3 is 0 Å². The number of halogens is 1. The van der Waals surface area contributed by atoms with Gasteiger partial charge in [0.1, 0.15) is 19.0 Å². The predicted octanol–water partition coefficient (Wildman–Crippen LogP) is 2.74. The lowest BCUT2D eigenvalue weighted by Crippen LogP contribution is -2.57. The monoisotopic (exact) mass is 574 g/mol. The summed E-state index contributed by atoms with van der Waals surface area (Å²) in [5.74, 6) is 2.15. The van der Waals surface area contributed by atoms with Crippen molar-refractivity contribution < 1.29 is 17.9 Å². The molecule has 176 valence electrons. The Morgan fingerprint density at radius 1 is 1.16 bits per heavy atom. The zero-order valence-electron chi connectivity index (χ0n) is 18.7. The van der Waals surface area contributed by atoms with Crippen molar-refractivity contribution in [2.45, 2.75) is 25.1 Å². The normalized spacial score (nSPS) is 17.2. The number of hydrogen-bond donors (Lipinski definition) is 1. The minimum absolute atomic E-state index is 0. The van der Waals surface area contributed by atoms with Gasteiger partial charge in [0.05, 0.1) is 10.5 Å². The number of rotatable bonds is 7. The molecule has 0 atom stereocenters. The second-order valence-electron chi connectivity index (χ2n) is 7.92. The van der Waals surface area contributed by atoms with E-state index in [0.717, 1.165) is 11.3 Å². The highest BCUT2D eigenvalue weighted by atomic mass is 127. The SMILES string of the molecule is CN=C(NCc1ccc(OCCOc2ccccc2)nc1)N1CCS(=O)(=O)C(C)(C)C1.I. The van der Waals surface area contributed by atoms with Crippen LogP contribution in [0, 0.1) is 0 Å². The molecule has 2 heterocycles. The quantitative estimate of drug-likeness (QED) is 0.235. The molecule has 0 spiro atoms. The maximum Gasteiger partial charge on any atom is 0.213 e. The maximum atomic E-state index is 12.2. The molecule has 1 aliphatic heterocycles. The van der Waals surface area contributed by atoms with Crippen molar-refractivity contribution in [3.05, 3.63) is 54.2 Å². The highest BCUT2D eigenvalue weighted by Crippen LogP contribution is 2.23. The van der Waals surface area contributed by atoms with Crippen molar-refractivity contribution >= 4 is 39.8 Å². The van der Waals surface area contributed by atoms with Gasteiger partial charge in [0.25, 0.3) is 0 Å². The third kappa shape index (κ3) is 6.96. The largest absolute Gasteiger partial charge is 0.490 e. The van der Waals surface area contributed by atoms with Crippen molar-refractivity contribution in [1.29, 1.82) is 0 Å². The third-order valence-electron chi connectivity index (χ3n) is 5.15. The number of ether oxygens (including phenoxy) is 2. The summed E-state index contributed by atoms with van der Waals surface area (Å²) in [6.45, 7) is 5.73. The van der Waals surface area contributed by atoms with E-state index in [-0.39, 0.29) is 29.7 Å². The van der Waals surface area contributed by atoms with Gasteiger partial charge in [-0.15, -0.1) is 24.0 Å². The average Bonchev–Trinajstić information content (AvgIpc) is 2.76. The molecule has 0 unspecified atom stereocenters. The van der Waals surface area contributed by atoms with E-state index in [2.05, 4.69) is 15.3 Å². The van der Waals surface area contributed by atoms with Crippen LogP contribution in [0.5, 0.6) is 11.6 Å². The van der Waals surface area contributed by atoms with Crippen LogP contribution in [0.25, 0.3) is 0 Å². The molecule has 0 saturated carbocycles. The first-order valence-corrected chi connectivity index (χ1v) is 11.9. The van der Waals surface area contributed by atoms with Gasteiger partial charge in [0.2, 0.25) is 5.88 Å². The van der Waals surface area contributed by atoms with E-state index in [1.807, 2.05) is 47.4 Å². The van der Waals surface area contributed by atoms with Gasteiger partial charge in [-0.05, 0) is 31.5 Å². The average molecular weight is 574 g/mol. The smallest absolute Gasteiger partial charge is 0.213 e.